The average Bonchev–Trinajstić information content (AvgIpc) is 2.67. The SMILES string of the molecule is Cc1cc([N+](=O)[O-])ccc1C(=O)Nc1ccc(S(=O)(=O)N2CC(C)CC(C)C2)cc1. The van der Waals surface area contributed by atoms with Gasteiger partial charge in [0, 0.05) is 36.5 Å². The lowest BCUT2D eigenvalue weighted by Gasteiger charge is -2.34. The molecular formula is C21H25N3O5S. The summed E-state index contributed by atoms with van der Waals surface area (Å²) in [5.41, 5.74) is 1.15. The molecule has 2 unspecified atom stereocenters. The molecule has 30 heavy (non-hydrogen) atoms. The number of amides is 1. The number of anilines is 1. The largest absolute Gasteiger partial charge is 0.322 e. The number of nitrogens with one attached hydrogen (secondary N) is 1. The van der Waals surface area contributed by atoms with Crippen molar-refractivity contribution in [3.8, 4) is 0 Å². The zero-order chi connectivity index (χ0) is 22.1. The van der Waals surface area contributed by atoms with Crippen LogP contribution in [0.15, 0.2) is 47.4 Å². The predicted octanol–water partition coefficient (Wildman–Crippen LogP) is 3.82. The van der Waals surface area contributed by atoms with Crippen molar-refractivity contribution < 1.29 is 18.1 Å². The monoisotopic (exact) mass is 431 g/mol. The van der Waals surface area contributed by atoms with E-state index in [0.717, 1.165) is 6.42 Å². The van der Waals surface area contributed by atoms with Crippen molar-refractivity contribution in [1.29, 1.82) is 0 Å². The Morgan fingerprint density at radius 2 is 1.70 bits per heavy atom. The first-order valence-corrected chi connectivity index (χ1v) is 11.2. The van der Waals surface area contributed by atoms with Crippen molar-refractivity contribution in [2.24, 2.45) is 11.8 Å². The molecule has 8 nitrogen and oxygen atoms in total. The molecule has 1 aliphatic rings. The van der Waals surface area contributed by atoms with Gasteiger partial charge in [0.1, 0.15) is 0 Å². The number of carbonyl (C=O) groups is 1. The van der Waals surface area contributed by atoms with E-state index in [1.54, 1.807) is 19.1 Å². The van der Waals surface area contributed by atoms with E-state index < -0.39 is 20.9 Å². The van der Waals surface area contributed by atoms with Crippen LogP contribution < -0.4 is 5.32 Å². The molecule has 1 heterocycles. The molecule has 1 amide bonds. The first-order chi connectivity index (χ1) is 14.1. The van der Waals surface area contributed by atoms with Crippen molar-refractivity contribution in [3.63, 3.8) is 0 Å². The number of hydrogen-bond donors (Lipinski definition) is 1. The van der Waals surface area contributed by atoms with E-state index in [1.807, 2.05) is 0 Å². The van der Waals surface area contributed by atoms with Gasteiger partial charge >= 0.3 is 0 Å². The molecule has 0 radical (unpaired) electrons. The van der Waals surface area contributed by atoms with Gasteiger partial charge in [-0.15, -0.1) is 0 Å². The quantitative estimate of drug-likeness (QED) is 0.572. The maximum atomic E-state index is 12.9. The summed E-state index contributed by atoms with van der Waals surface area (Å²) in [6.45, 7) is 6.74. The number of non-ortho nitro benzene ring substituents is 1. The van der Waals surface area contributed by atoms with Gasteiger partial charge in [0.2, 0.25) is 10.0 Å². The minimum absolute atomic E-state index is 0.0834. The van der Waals surface area contributed by atoms with E-state index in [2.05, 4.69) is 19.2 Å². The zero-order valence-electron chi connectivity index (χ0n) is 17.2. The zero-order valence-corrected chi connectivity index (χ0v) is 18.0. The van der Waals surface area contributed by atoms with Crippen LogP contribution >= 0.6 is 0 Å². The minimum atomic E-state index is -3.59. The number of benzene rings is 2. The molecule has 9 heteroatoms. The number of nitro benzene ring substituents is 1. The molecule has 1 N–H and O–H groups in total. The Kier molecular flexibility index (Phi) is 6.23. The number of carbonyl (C=O) groups excluding carboxylic acids is 1. The van der Waals surface area contributed by atoms with E-state index >= 15 is 0 Å². The highest BCUT2D eigenvalue weighted by molar-refractivity contribution is 7.89. The van der Waals surface area contributed by atoms with Crippen LogP contribution in [0.5, 0.6) is 0 Å². The Morgan fingerprint density at radius 1 is 1.10 bits per heavy atom. The van der Waals surface area contributed by atoms with Gasteiger partial charge < -0.3 is 5.32 Å². The van der Waals surface area contributed by atoms with Crippen LogP contribution in [0.4, 0.5) is 11.4 Å². The molecule has 2 aromatic rings. The summed E-state index contributed by atoms with van der Waals surface area (Å²) in [6.07, 6.45) is 1.01. The Labute approximate surface area is 176 Å². The van der Waals surface area contributed by atoms with Crippen LogP contribution in [0.25, 0.3) is 0 Å². The highest BCUT2D eigenvalue weighted by atomic mass is 32.2. The maximum Gasteiger partial charge on any atom is 0.269 e. The van der Waals surface area contributed by atoms with Gasteiger partial charge in [-0.3, -0.25) is 14.9 Å². The fraction of sp³-hybridized carbons (Fsp3) is 0.381. The lowest BCUT2D eigenvalue weighted by Crippen LogP contribution is -2.42. The summed E-state index contributed by atoms with van der Waals surface area (Å²) >= 11 is 0. The third-order valence-electron chi connectivity index (χ3n) is 5.25. The second-order valence-electron chi connectivity index (χ2n) is 8.00. The molecule has 0 spiro atoms. The van der Waals surface area contributed by atoms with Gasteiger partial charge in [-0.25, -0.2) is 8.42 Å². The van der Waals surface area contributed by atoms with Crippen molar-refractivity contribution in [1.82, 2.24) is 4.31 Å². The Morgan fingerprint density at radius 3 is 2.23 bits per heavy atom. The Hall–Kier alpha value is -2.78. The van der Waals surface area contributed by atoms with E-state index in [9.17, 15) is 23.3 Å². The number of hydrogen-bond acceptors (Lipinski definition) is 5. The molecule has 0 aromatic heterocycles. The van der Waals surface area contributed by atoms with Crippen molar-refractivity contribution >= 4 is 27.3 Å². The standard InChI is InChI=1S/C21H25N3O5S/c1-14-10-15(2)13-23(12-14)30(28,29)19-7-4-17(5-8-19)22-21(25)20-9-6-18(24(26)27)11-16(20)3/h4-9,11,14-15H,10,12-13H2,1-3H3,(H,22,25). The fourth-order valence-corrected chi connectivity index (χ4v) is 5.56. The summed E-state index contributed by atoms with van der Waals surface area (Å²) in [7, 11) is -3.59. The van der Waals surface area contributed by atoms with E-state index in [-0.39, 0.29) is 10.6 Å². The topological polar surface area (TPSA) is 110 Å². The fourth-order valence-electron chi connectivity index (χ4n) is 3.88. The highest BCUT2D eigenvalue weighted by Gasteiger charge is 2.31. The highest BCUT2D eigenvalue weighted by Crippen LogP contribution is 2.27. The molecule has 0 saturated carbocycles. The molecule has 3 rings (SSSR count). The number of piperidine rings is 1. The Balaban J connectivity index is 1.74. The number of aryl methyl sites for hydroxylation is 1. The molecule has 2 atom stereocenters. The summed E-state index contributed by atoms with van der Waals surface area (Å²) in [5, 5.41) is 13.5. The normalized spacial score (nSPS) is 20.0. The summed E-state index contributed by atoms with van der Waals surface area (Å²) in [5.74, 6) is 0.204. The number of nitro groups is 1. The van der Waals surface area contributed by atoms with Crippen LogP contribution in [-0.2, 0) is 10.0 Å². The van der Waals surface area contributed by atoms with E-state index in [4.69, 9.17) is 0 Å². The predicted molar refractivity (Wildman–Crippen MR) is 114 cm³/mol. The van der Waals surface area contributed by atoms with Crippen LogP contribution in [-0.4, -0.2) is 36.6 Å². The smallest absolute Gasteiger partial charge is 0.269 e. The van der Waals surface area contributed by atoms with Crippen molar-refractivity contribution in [2.75, 3.05) is 18.4 Å². The summed E-state index contributed by atoms with van der Waals surface area (Å²) in [4.78, 5) is 23.0. The van der Waals surface area contributed by atoms with Crippen molar-refractivity contribution in [2.45, 2.75) is 32.1 Å². The number of nitrogens with zero attached hydrogens (tertiary/aromatic N) is 2. The van der Waals surface area contributed by atoms with Crippen LogP contribution in [0.2, 0.25) is 0 Å². The molecule has 160 valence electrons. The van der Waals surface area contributed by atoms with Gasteiger partial charge in [-0.2, -0.15) is 4.31 Å². The lowest BCUT2D eigenvalue weighted by atomic mass is 9.94. The third kappa shape index (κ3) is 4.68. The van der Waals surface area contributed by atoms with Gasteiger partial charge in [0.25, 0.3) is 11.6 Å². The Bertz CT molecular complexity index is 1060. The first kappa shape index (κ1) is 21.9. The molecule has 0 aliphatic carbocycles. The van der Waals surface area contributed by atoms with Crippen molar-refractivity contribution in [3.05, 3.63) is 63.7 Å². The van der Waals surface area contributed by atoms with E-state index in [0.29, 0.717) is 41.7 Å². The van der Waals surface area contributed by atoms with Gasteiger partial charge in [-0.05, 0) is 61.1 Å². The third-order valence-corrected chi connectivity index (χ3v) is 7.10. The van der Waals surface area contributed by atoms with Gasteiger partial charge in [0.05, 0.1) is 9.82 Å². The van der Waals surface area contributed by atoms with E-state index in [1.165, 1.54) is 34.6 Å². The molecular weight excluding hydrogens is 406 g/mol. The molecule has 1 fully saturated rings. The summed E-state index contributed by atoms with van der Waals surface area (Å²) < 4.78 is 27.4. The maximum absolute atomic E-state index is 12.9. The number of rotatable bonds is 5. The number of sulfonamides is 1. The average molecular weight is 432 g/mol. The second kappa shape index (κ2) is 8.53. The molecule has 1 saturated heterocycles. The molecule has 1 aliphatic heterocycles. The molecule has 0 bridgehead atoms. The van der Waals surface area contributed by atoms with Gasteiger partial charge in [-0.1, -0.05) is 13.8 Å². The van der Waals surface area contributed by atoms with Crippen LogP contribution in [0.1, 0.15) is 36.2 Å². The molecule has 2 aromatic carbocycles. The van der Waals surface area contributed by atoms with Crippen LogP contribution in [0, 0.1) is 28.9 Å². The first-order valence-electron chi connectivity index (χ1n) is 9.74. The van der Waals surface area contributed by atoms with Crippen LogP contribution in [0.3, 0.4) is 0 Å². The second-order valence-corrected chi connectivity index (χ2v) is 9.94. The minimum Gasteiger partial charge on any atom is -0.322 e. The summed E-state index contributed by atoms with van der Waals surface area (Å²) in [6, 6.07) is 10.1. The lowest BCUT2D eigenvalue weighted by molar-refractivity contribution is -0.384. The van der Waals surface area contributed by atoms with Gasteiger partial charge in [0.15, 0.2) is 0 Å².